The van der Waals surface area contributed by atoms with Crippen molar-refractivity contribution in [3.05, 3.63) is 70.8 Å². The van der Waals surface area contributed by atoms with Gasteiger partial charge >= 0.3 is 29.8 Å². The molecule has 0 aromatic heterocycles. The van der Waals surface area contributed by atoms with E-state index < -0.39 is 48.0 Å². The molecule has 2 aromatic rings. The van der Waals surface area contributed by atoms with Crippen LogP contribution in [0.25, 0.3) is 0 Å². The summed E-state index contributed by atoms with van der Waals surface area (Å²) in [4.78, 5) is 66.6. The second-order valence-corrected chi connectivity index (χ2v) is 9.59. The van der Waals surface area contributed by atoms with E-state index in [1.807, 2.05) is 13.8 Å². The number of ether oxygens (including phenoxy) is 2. The Bertz CT molecular complexity index is 1160. The largest absolute Gasteiger partial charge is 0.481 e. The molecule has 11 heteroatoms. The molecule has 2 aromatic carbocycles. The minimum Gasteiger partial charge on any atom is -0.481 e. The van der Waals surface area contributed by atoms with E-state index >= 15 is 0 Å². The quantitative estimate of drug-likeness (QED) is 0.182. The van der Waals surface area contributed by atoms with Gasteiger partial charge in [0.2, 0.25) is 12.2 Å². The monoisotopic (exact) mass is 543 g/mol. The van der Waals surface area contributed by atoms with Crippen molar-refractivity contribution in [2.24, 2.45) is 11.8 Å². The first kappa shape index (κ1) is 31.0. The van der Waals surface area contributed by atoms with Crippen LogP contribution in [0.2, 0.25) is 0 Å². The van der Waals surface area contributed by atoms with Crippen LogP contribution in [-0.2, 0) is 28.7 Å². The van der Waals surface area contributed by atoms with E-state index in [1.54, 1.807) is 38.1 Å². The van der Waals surface area contributed by atoms with Crippen LogP contribution in [0.4, 0.5) is 0 Å². The van der Waals surface area contributed by atoms with Crippen LogP contribution in [0.15, 0.2) is 48.5 Å². The van der Waals surface area contributed by atoms with Crippen molar-refractivity contribution in [3.8, 4) is 0 Å². The number of aliphatic carboxylic acids is 2. The number of hydroxylamine groups is 1. The molecule has 0 aliphatic carbocycles. The van der Waals surface area contributed by atoms with Gasteiger partial charge in [-0.2, -0.15) is 5.48 Å². The average molecular weight is 544 g/mol. The molecule has 0 radical (unpaired) electrons. The Morgan fingerprint density at radius 1 is 0.769 bits per heavy atom. The number of rotatable bonds is 14. The van der Waals surface area contributed by atoms with Crippen LogP contribution >= 0.6 is 0 Å². The summed E-state index contributed by atoms with van der Waals surface area (Å²) in [6.07, 6.45) is -4.11. The predicted octanol–water partition coefficient (Wildman–Crippen LogP) is 3.32. The lowest BCUT2D eigenvalue weighted by Gasteiger charge is -2.23. The van der Waals surface area contributed by atoms with Crippen molar-refractivity contribution >= 4 is 29.8 Å². The highest BCUT2D eigenvalue weighted by Gasteiger charge is 2.42. The van der Waals surface area contributed by atoms with Crippen molar-refractivity contribution in [3.63, 3.8) is 0 Å². The fourth-order valence-corrected chi connectivity index (χ4v) is 3.66. The van der Waals surface area contributed by atoms with E-state index in [0.717, 1.165) is 11.1 Å². The van der Waals surface area contributed by atoms with Gasteiger partial charge in [-0.05, 0) is 56.4 Å². The Morgan fingerprint density at radius 3 is 1.64 bits per heavy atom. The van der Waals surface area contributed by atoms with Crippen molar-refractivity contribution in [1.29, 1.82) is 0 Å². The number of carbonyl (C=O) groups excluding carboxylic acids is 3. The van der Waals surface area contributed by atoms with Crippen molar-refractivity contribution in [1.82, 2.24) is 5.48 Å². The molecule has 210 valence electrons. The van der Waals surface area contributed by atoms with Gasteiger partial charge in [-0.3, -0.25) is 4.79 Å². The Labute approximate surface area is 226 Å². The SMILES string of the molecule is Cc1ccc(C(=O)O[C@@H](C(=O)O)[C@@H](OC(=O)c2ccc(C)cc2)C(=O)ONCC(CC(=O)O)CC(C)C)cc1. The number of carboxylic acids is 2. The smallest absolute Gasteiger partial charge is 0.370 e. The summed E-state index contributed by atoms with van der Waals surface area (Å²) in [5.41, 5.74) is 4.09. The molecular weight excluding hydrogens is 510 g/mol. The summed E-state index contributed by atoms with van der Waals surface area (Å²) in [7, 11) is 0. The summed E-state index contributed by atoms with van der Waals surface area (Å²) in [6, 6.07) is 12.2. The molecule has 0 saturated carbocycles. The van der Waals surface area contributed by atoms with Gasteiger partial charge in [0.1, 0.15) is 0 Å². The zero-order valence-corrected chi connectivity index (χ0v) is 22.2. The molecule has 1 unspecified atom stereocenters. The zero-order chi connectivity index (χ0) is 29.1. The molecule has 3 atom stereocenters. The van der Waals surface area contributed by atoms with E-state index in [1.165, 1.54) is 24.3 Å². The molecular formula is C28H33NO10. The number of benzene rings is 2. The number of carboxylic acid groups (broad SMARTS) is 2. The maximum Gasteiger partial charge on any atom is 0.370 e. The number of hydrogen-bond acceptors (Lipinski definition) is 9. The van der Waals surface area contributed by atoms with E-state index in [9.17, 15) is 29.1 Å². The molecule has 2 rings (SSSR count). The van der Waals surface area contributed by atoms with Crippen molar-refractivity contribution < 1.29 is 48.5 Å². The summed E-state index contributed by atoms with van der Waals surface area (Å²) >= 11 is 0. The molecule has 39 heavy (non-hydrogen) atoms. The van der Waals surface area contributed by atoms with E-state index in [2.05, 4.69) is 5.48 Å². The average Bonchev–Trinajstić information content (AvgIpc) is 2.85. The molecule has 0 aliphatic rings. The number of nitrogens with one attached hydrogen (secondary N) is 1. The van der Waals surface area contributed by atoms with Gasteiger partial charge in [-0.15, -0.1) is 0 Å². The van der Waals surface area contributed by atoms with Crippen LogP contribution in [0, 0.1) is 25.7 Å². The molecule has 0 fully saturated rings. The first-order valence-corrected chi connectivity index (χ1v) is 12.3. The maximum absolute atomic E-state index is 13.0. The third-order valence-electron chi connectivity index (χ3n) is 5.61. The van der Waals surface area contributed by atoms with Crippen LogP contribution in [0.3, 0.4) is 0 Å². The van der Waals surface area contributed by atoms with Crippen LogP contribution < -0.4 is 5.48 Å². The molecule has 0 spiro atoms. The number of aryl methyl sites for hydroxylation is 2. The fraction of sp³-hybridized carbons (Fsp3) is 0.393. The molecule has 0 saturated heterocycles. The van der Waals surface area contributed by atoms with Crippen molar-refractivity contribution in [2.45, 2.75) is 52.7 Å². The maximum atomic E-state index is 13.0. The highest BCUT2D eigenvalue weighted by Crippen LogP contribution is 2.17. The zero-order valence-electron chi connectivity index (χ0n) is 22.2. The van der Waals surface area contributed by atoms with Gasteiger partial charge in [0.05, 0.1) is 11.1 Å². The van der Waals surface area contributed by atoms with E-state index in [0.29, 0.717) is 6.42 Å². The van der Waals surface area contributed by atoms with Gasteiger partial charge in [0.15, 0.2) is 0 Å². The number of carbonyl (C=O) groups is 5. The molecule has 11 nitrogen and oxygen atoms in total. The van der Waals surface area contributed by atoms with Gasteiger partial charge in [-0.1, -0.05) is 49.2 Å². The lowest BCUT2D eigenvalue weighted by atomic mass is 9.94. The Hall–Kier alpha value is -4.25. The van der Waals surface area contributed by atoms with Crippen LogP contribution in [0.1, 0.15) is 58.5 Å². The Morgan fingerprint density at radius 2 is 1.23 bits per heavy atom. The molecule has 0 heterocycles. The van der Waals surface area contributed by atoms with Gasteiger partial charge in [0, 0.05) is 13.0 Å². The number of esters is 2. The Balaban J connectivity index is 2.26. The lowest BCUT2D eigenvalue weighted by molar-refractivity contribution is -0.176. The summed E-state index contributed by atoms with van der Waals surface area (Å²) < 4.78 is 10.3. The topological polar surface area (TPSA) is 166 Å². The minimum atomic E-state index is -2.24. The first-order valence-electron chi connectivity index (χ1n) is 12.3. The molecule has 0 aliphatic heterocycles. The molecule has 0 amide bonds. The normalized spacial score (nSPS) is 13.2. The van der Waals surface area contributed by atoms with Gasteiger partial charge in [0.25, 0.3) is 0 Å². The lowest BCUT2D eigenvalue weighted by Crippen LogP contribution is -2.48. The van der Waals surface area contributed by atoms with Gasteiger partial charge in [-0.25, -0.2) is 19.2 Å². The second-order valence-electron chi connectivity index (χ2n) is 9.59. The van der Waals surface area contributed by atoms with Crippen molar-refractivity contribution in [2.75, 3.05) is 6.54 Å². The highest BCUT2D eigenvalue weighted by atomic mass is 16.7. The number of hydrogen-bond donors (Lipinski definition) is 3. The summed E-state index contributed by atoms with van der Waals surface area (Å²) in [5, 5.41) is 18.9. The second kappa shape index (κ2) is 14.6. The van der Waals surface area contributed by atoms with Crippen LogP contribution in [-0.4, -0.2) is 58.8 Å². The van der Waals surface area contributed by atoms with E-state index in [-0.39, 0.29) is 30.0 Å². The minimum absolute atomic E-state index is 0.0205. The molecule has 0 bridgehead atoms. The van der Waals surface area contributed by atoms with Gasteiger partial charge < -0.3 is 24.5 Å². The van der Waals surface area contributed by atoms with E-state index in [4.69, 9.17) is 19.4 Å². The third kappa shape index (κ3) is 10.2. The summed E-state index contributed by atoms with van der Waals surface area (Å²) in [5.74, 6) is -6.48. The Kier molecular flexibility index (Phi) is 11.6. The standard InChI is InChI=1S/C28H33NO10/c1-16(2)13-19(14-22(30)31)15-29-39-28(36)24(38-27(35)21-11-7-18(4)8-12-21)23(25(32)33)37-26(34)20-9-5-17(3)6-10-20/h5-12,16,19,23-24,29H,13-15H2,1-4H3,(H,30,31)(H,32,33)/t19?,23-,24-/m1/s1. The summed E-state index contributed by atoms with van der Waals surface area (Å²) in [6.45, 7) is 7.34. The van der Waals surface area contributed by atoms with Crippen LogP contribution in [0.5, 0.6) is 0 Å². The fourth-order valence-electron chi connectivity index (χ4n) is 3.66. The third-order valence-corrected chi connectivity index (χ3v) is 5.61. The first-order chi connectivity index (χ1) is 18.4. The highest BCUT2D eigenvalue weighted by molar-refractivity contribution is 5.95. The molecule has 3 N–H and O–H groups in total. The predicted molar refractivity (Wildman–Crippen MR) is 138 cm³/mol.